The number of anilines is 2. The lowest BCUT2D eigenvalue weighted by Gasteiger charge is -2.05. The Balaban J connectivity index is 2.25. The molecular weight excluding hydrogens is 326 g/mol. The van der Waals surface area contributed by atoms with Crippen LogP contribution in [0.3, 0.4) is 0 Å². The van der Waals surface area contributed by atoms with Crippen LogP contribution in [-0.4, -0.2) is 24.5 Å². The lowest BCUT2D eigenvalue weighted by atomic mass is 10.3. The van der Waals surface area contributed by atoms with Crippen LogP contribution in [0.5, 0.6) is 0 Å². The van der Waals surface area contributed by atoms with Crippen molar-refractivity contribution in [2.24, 2.45) is 0 Å². The molecule has 0 aliphatic heterocycles. The number of carbonyl (C=O) groups is 1. The Morgan fingerprint density at radius 1 is 1.29 bits per heavy atom. The number of nitrogens with one attached hydrogen (secondary N) is 2. The Bertz CT molecular complexity index is 791. The van der Waals surface area contributed by atoms with Crippen molar-refractivity contribution in [3.05, 3.63) is 29.8 Å². The average molecular weight is 334 g/mol. The van der Waals surface area contributed by atoms with Crippen LogP contribution in [0.1, 0.15) is 6.92 Å². The quantitative estimate of drug-likeness (QED) is 0.827. The summed E-state index contributed by atoms with van der Waals surface area (Å²) < 4.78 is 51.6. The number of carbonyl (C=O) groups excluding carboxylic acids is 1. The first kappa shape index (κ1) is 15.3. The van der Waals surface area contributed by atoms with Crippen LogP contribution in [0.2, 0.25) is 0 Å². The highest BCUT2D eigenvalue weighted by molar-refractivity contribution is 7.94. The summed E-state index contributed by atoms with van der Waals surface area (Å²) in [5, 5.41) is 9.11. The first-order valence-corrected chi connectivity index (χ1v) is 7.67. The number of rotatable bonds is 4. The number of halogens is 2. The summed E-state index contributed by atoms with van der Waals surface area (Å²) in [5.41, 5.74) is -0.423. The molecule has 0 aliphatic rings. The van der Waals surface area contributed by atoms with Crippen molar-refractivity contribution in [1.82, 2.24) is 10.2 Å². The number of hydrogen-bond donors (Lipinski definition) is 2. The Morgan fingerprint density at radius 3 is 2.62 bits per heavy atom. The number of nitrogens with zero attached hydrogens (tertiary/aromatic N) is 2. The van der Waals surface area contributed by atoms with E-state index in [9.17, 15) is 22.0 Å². The second-order valence-corrected chi connectivity index (χ2v) is 6.62. The minimum absolute atomic E-state index is 0.0116. The summed E-state index contributed by atoms with van der Waals surface area (Å²) >= 11 is 0.595. The first-order valence-electron chi connectivity index (χ1n) is 5.37. The summed E-state index contributed by atoms with van der Waals surface area (Å²) in [7, 11) is -4.18. The standard InChI is InChI=1S/C10H8F2N4O3S2/c1-5(17)13-9-14-15-10(20-9)21(18,19)16-8-3-2-6(11)4-7(8)12/h2-4,16H,1H3,(H,13,14,17). The van der Waals surface area contributed by atoms with Crippen LogP contribution in [0.4, 0.5) is 19.6 Å². The first-order chi connectivity index (χ1) is 9.78. The van der Waals surface area contributed by atoms with Crippen LogP contribution in [0.25, 0.3) is 0 Å². The largest absolute Gasteiger partial charge is 0.301 e. The van der Waals surface area contributed by atoms with Crippen molar-refractivity contribution in [2.45, 2.75) is 11.3 Å². The molecule has 0 saturated heterocycles. The predicted octanol–water partition coefficient (Wildman–Crippen LogP) is 1.58. The third-order valence-corrected chi connectivity index (χ3v) is 4.67. The van der Waals surface area contributed by atoms with E-state index in [1.807, 2.05) is 4.72 Å². The van der Waals surface area contributed by atoms with Gasteiger partial charge in [0.1, 0.15) is 11.6 Å². The van der Waals surface area contributed by atoms with Crippen LogP contribution >= 0.6 is 11.3 Å². The molecule has 0 saturated carbocycles. The van der Waals surface area contributed by atoms with Gasteiger partial charge in [0, 0.05) is 13.0 Å². The molecule has 0 fully saturated rings. The maximum absolute atomic E-state index is 13.4. The monoisotopic (exact) mass is 334 g/mol. The Kier molecular flexibility index (Phi) is 4.14. The minimum atomic E-state index is -4.18. The van der Waals surface area contributed by atoms with Crippen LogP contribution in [0, 0.1) is 11.6 Å². The molecular formula is C10H8F2N4O3S2. The van der Waals surface area contributed by atoms with E-state index in [0.717, 1.165) is 12.1 Å². The van der Waals surface area contributed by atoms with Gasteiger partial charge in [-0.1, -0.05) is 11.3 Å². The molecule has 1 aromatic heterocycles. The predicted molar refractivity (Wildman–Crippen MR) is 71.4 cm³/mol. The van der Waals surface area contributed by atoms with Gasteiger partial charge in [0.15, 0.2) is 0 Å². The fourth-order valence-corrected chi connectivity index (χ4v) is 3.29. The van der Waals surface area contributed by atoms with E-state index in [2.05, 4.69) is 15.5 Å². The molecule has 7 nitrogen and oxygen atoms in total. The van der Waals surface area contributed by atoms with Gasteiger partial charge in [-0.15, -0.1) is 10.2 Å². The molecule has 1 amide bonds. The molecule has 1 aromatic carbocycles. The summed E-state index contributed by atoms with van der Waals surface area (Å²) in [6, 6.07) is 2.39. The summed E-state index contributed by atoms with van der Waals surface area (Å²) in [6.45, 7) is 1.22. The summed E-state index contributed by atoms with van der Waals surface area (Å²) in [5.74, 6) is -2.34. The Hall–Kier alpha value is -2.14. The van der Waals surface area contributed by atoms with Crippen molar-refractivity contribution in [2.75, 3.05) is 10.0 Å². The Labute approximate surface area is 122 Å². The van der Waals surface area contributed by atoms with Gasteiger partial charge in [0.05, 0.1) is 5.69 Å². The topological polar surface area (TPSA) is 101 Å². The van der Waals surface area contributed by atoms with Gasteiger partial charge in [-0.3, -0.25) is 9.52 Å². The smallest absolute Gasteiger partial charge is 0.291 e. The zero-order valence-corrected chi connectivity index (χ0v) is 12.1. The maximum Gasteiger partial charge on any atom is 0.291 e. The van der Waals surface area contributed by atoms with Gasteiger partial charge < -0.3 is 5.32 Å². The molecule has 0 spiro atoms. The molecule has 2 N–H and O–H groups in total. The van der Waals surface area contributed by atoms with Gasteiger partial charge in [0.2, 0.25) is 11.0 Å². The lowest BCUT2D eigenvalue weighted by molar-refractivity contribution is -0.114. The van der Waals surface area contributed by atoms with Crippen molar-refractivity contribution in [3.63, 3.8) is 0 Å². The highest BCUT2D eigenvalue weighted by atomic mass is 32.2. The second-order valence-electron chi connectivity index (χ2n) is 3.78. The van der Waals surface area contributed by atoms with E-state index in [1.54, 1.807) is 0 Å². The number of hydrogen-bond acceptors (Lipinski definition) is 6. The van der Waals surface area contributed by atoms with Gasteiger partial charge >= 0.3 is 0 Å². The Morgan fingerprint density at radius 2 is 2.00 bits per heavy atom. The van der Waals surface area contributed by atoms with E-state index in [4.69, 9.17) is 0 Å². The number of aromatic nitrogens is 2. The van der Waals surface area contributed by atoms with Gasteiger partial charge in [0.25, 0.3) is 14.4 Å². The van der Waals surface area contributed by atoms with Gasteiger partial charge in [-0.2, -0.15) is 8.42 Å². The van der Waals surface area contributed by atoms with Crippen molar-refractivity contribution < 1.29 is 22.0 Å². The van der Waals surface area contributed by atoms with Gasteiger partial charge in [-0.25, -0.2) is 8.78 Å². The molecule has 1 heterocycles. The van der Waals surface area contributed by atoms with E-state index in [0.29, 0.717) is 17.4 Å². The number of sulfonamides is 1. The van der Waals surface area contributed by atoms with Crippen LogP contribution in [0.15, 0.2) is 22.5 Å². The number of benzene rings is 1. The lowest BCUT2D eigenvalue weighted by Crippen LogP contribution is -2.13. The fraction of sp³-hybridized carbons (Fsp3) is 0.100. The highest BCUT2D eigenvalue weighted by Crippen LogP contribution is 2.24. The third kappa shape index (κ3) is 3.70. The number of amides is 1. The van der Waals surface area contributed by atoms with Crippen LogP contribution in [-0.2, 0) is 14.8 Å². The zero-order valence-electron chi connectivity index (χ0n) is 10.4. The average Bonchev–Trinajstić information content (AvgIpc) is 2.81. The van der Waals surface area contributed by atoms with E-state index in [1.165, 1.54) is 6.92 Å². The van der Waals surface area contributed by atoms with Crippen molar-refractivity contribution >= 4 is 38.1 Å². The molecule has 2 aromatic rings. The minimum Gasteiger partial charge on any atom is -0.301 e. The van der Waals surface area contributed by atoms with Crippen molar-refractivity contribution in [3.8, 4) is 0 Å². The van der Waals surface area contributed by atoms with Crippen molar-refractivity contribution in [1.29, 1.82) is 0 Å². The molecule has 0 atom stereocenters. The normalized spacial score (nSPS) is 11.2. The maximum atomic E-state index is 13.4. The molecule has 112 valence electrons. The molecule has 0 radical (unpaired) electrons. The van der Waals surface area contributed by atoms with E-state index >= 15 is 0 Å². The second kappa shape index (κ2) is 5.69. The SMILES string of the molecule is CC(=O)Nc1nnc(S(=O)(=O)Nc2ccc(F)cc2F)s1. The molecule has 11 heteroatoms. The van der Waals surface area contributed by atoms with Crippen LogP contribution < -0.4 is 10.0 Å². The molecule has 0 unspecified atom stereocenters. The van der Waals surface area contributed by atoms with E-state index < -0.39 is 37.6 Å². The summed E-state index contributed by atoms with van der Waals surface area (Å²) in [4.78, 5) is 10.8. The van der Waals surface area contributed by atoms with E-state index in [-0.39, 0.29) is 5.13 Å². The third-order valence-electron chi connectivity index (χ3n) is 2.09. The molecule has 2 rings (SSSR count). The molecule has 0 bridgehead atoms. The highest BCUT2D eigenvalue weighted by Gasteiger charge is 2.22. The molecule has 0 aliphatic carbocycles. The summed E-state index contributed by atoms with van der Waals surface area (Å²) in [6.07, 6.45) is 0. The fourth-order valence-electron chi connectivity index (χ4n) is 1.28. The molecule has 21 heavy (non-hydrogen) atoms. The zero-order chi connectivity index (χ0) is 15.6. The van der Waals surface area contributed by atoms with Gasteiger partial charge in [-0.05, 0) is 12.1 Å².